The number of fused-ring (bicyclic) bond motifs is 1. The topological polar surface area (TPSA) is 70.1 Å². The number of hydrogen-bond donors (Lipinski definition) is 1. The lowest BCUT2D eigenvalue weighted by molar-refractivity contribution is -0.149. The maximum atomic E-state index is 12.1. The summed E-state index contributed by atoms with van der Waals surface area (Å²) in [5.74, 6) is -0.321. The van der Waals surface area contributed by atoms with E-state index in [1.807, 2.05) is 0 Å². The molecule has 2 atom stereocenters. The zero-order chi connectivity index (χ0) is 19.6. The zero-order valence-electron chi connectivity index (χ0n) is 16.5. The molecule has 0 spiro atoms. The molecule has 0 aromatic heterocycles. The second kappa shape index (κ2) is 7.98. The largest absolute Gasteiger partial charge is 0.481 e. The van der Waals surface area contributed by atoms with Crippen LogP contribution in [0.1, 0.15) is 25.0 Å². The Morgan fingerprint density at radius 3 is 2.41 bits per heavy atom. The van der Waals surface area contributed by atoms with E-state index < -0.39 is 11.4 Å². The molecule has 1 aromatic carbocycles. The van der Waals surface area contributed by atoms with Gasteiger partial charge in [-0.3, -0.25) is 14.5 Å². The minimum Gasteiger partial charge on any atom is -0.481 e. The van der Waals surface area contributed by atoms with E-state index in [0.717, 1.165) is 13.0 Å². The van der Waals surface area contributed by atoms with Crippen LogP contribution in [0.5, 0.6) is 0 Å². The first kappa shape index (κ1) is 19.8. The summed E-state index contributed by atoms with van der Waals surface area (Å²) in [7, 11) is 1.48. The summed E-state index contributed by atoms with van der Waals surface area (Å²) >= 11 is 0. The lowest BCUT2D eigenvalue weighted by Gasteiger charge is -2.25. The Morgan fingerprint density at radius 1 is 1.19 bits per heavy atom. The Morgan fingerprint density at radius 2 is 1.85 bits per heavy atom. The molecule has 6 heteroatoms. The van der Waals surface area contributed by atoms with Gasteiger partial charge < -0.3 is 14.7 Å². The van der Waals surface area contributed by atoms with Crippen LogP contribution in [-0.4, -0.2) is 66.7 Å². The fraction of sp³-hybridized carbons (Fsp3) is 0.619. The van der Waals surface area contributed by atoms with Crippen LogP contribution in [0.2, 0.25) is 0 Å². The summed E-state index contributed by atoms with van der Waals surface area (Å²) in [5, 5.41) is 9.91. The zero-order valence-corrected chi connectivity index (χ0v) is 16.5. The molecule has 2 aliphatic heterocycles. The van der Waals surface area contributed by atoms with Crippen molar-refractivity contribution < 1.29 is 19.4 Å². The van der Waals surface area contributed by atoms with E-state index in [2.05, 4.69) is 43.0 Å². The highest BCUT2D eigenvalue weighted by Crippen LogP contribution is 2.43. The van der Waals surface area contributed by atoms with Crippen molar-refractivity contribution in [3.8, 4) is 0 Å². The quantitative estimate of drug-likeness (QED) is 0.789. The van der Waals surface area contributed by atoms with E-state index in [0.29, 0.717) is 25.6 Å². The smallest absolute Gasteiger partial charge is 0.313 e. The summed E-state index contributed by atoms with van der Waals surface area (Å²) in [5.41, 5.74) is 1.68. The Balaban J connectivity index is 1.65. The Kier molecular flexibility index (Phi) is 5.86. The minimum atomic E-state index is -0.860. The van der Waals surface area contributed by atoms with Crippen molar-refractivity contribution >= 4 is 11.9 Å². The van der Waals surface area contributed by atoms with Gasteiger partial charge in [0.1, 0.15) is 12.0 Å². The van der Waals surface area contributed by atoms with Crippen molar-refractivity contribution in [2.75, 3.05) is 39.9 Å². The number of carboxylic acid groups (broad SMARTS) is 1. The SMILES string of the molecule is COCC(=O)N1C[C@@H]2CN(Cc3ccc(CC(C)C)cc3)C[C@]2(C(=O)O)C1. The molecule has 0 bridgehead atoms. The van der Waals surface area contributed by atoms with E-state index in [9.17, 15) is 14.7 Å². The van der Waals surface area contributed by atoms with Crippen LogP contribution in [-0.2, 0) is 27.3 Å². The van der Waals surface area contributed by atoms with E-state index in [4.69, 9.17) is 4.74 Å². The Labute approximate surface area is 161 Å². The third kappa shape index (κ3) is 4.17. The van der Waals surface area contributed by atoms with Gasteiger partial charge in [-0.05, 0) is 23.5 Å². The number of methoxy groups -OCH3 is 1. The number of likely N-dealkylation sites (tertiary alicyclic amines) is 2. The number of amides is 1. The number of benzene rings is 1. The average molecular weight is 374 g/mol. The van der Waals surface area contributed by atoms with Gasteiger partial charge in [-0.1, -0.05) is 38.1 Å². The molecular weight excluding hydrogens is 344 g/mol. The molecule has 0 aliphatic carbocycles. The van der Waals surface area contributed by atoms with Crippen LogP contribution < -0.4 is 0 Å². The molecule has 148 valence electrons. The van der Waals surface area contributed by atoms with Crippen LogP contribution in [0, 0.1) is 17.3 Å². The third-order valence-electron chi connectivity index (χ3n) is 5.80. The standard InChI is InChI=1S/C21H30N2O4/c1-15(2)8-16-4-6-17(7-5-16)9-22-10-18-11-23(19(24)12-27-3)14-21(18,13-22)20(25)26/h4-7,15,18H,8-14H2,1-3H3,(H,25,26)/t18-,21-/m0/s1. The van der Waals surface area contributed by atoms with Gasteiger partial charge in [-0.2, -0.15) is 0 Å². The van der Waals surface area contributed by atoms with Crippen molar-refractivity contribution in [2.45, 2.75) is 26.8 Å². The number of aliphatic carboxylic acids is 1. The molecule has 2 heterocycles. The highest BCUT2D eigenvalue weighted by Gasteiger charge is 2.58. The second-order valence-corrected chi connectivity index (χ2v) is 8.45. The fourth-order valence-electron chi connectivity index (χ4n) is 4.51. The van der Waals surface area contributed by atoms with Gasteiger partial charge in [0.05, 0.1) is 0 Å². The van der Waals surface area contributed by atoms with Gasteiger partial charge in [-0.25, -0.2) is 0 Å². The maximum Gasteiger partial charge on any atom is 0.313 e. The predicted octanol–water partition coefficient (Wildman–Crippen LogP) is 1.88. The van der Waals surface area contributed by atoms with Crippen molar-refractivity contribution in [1.29, 1.82) is 0 Å². The highest BCUT2D eigenvalue weighted by molar-refractivity contribution is 5.82. The molecule has 1 aromatic rings. The highest BCUT2D eigenvalue weighted by atomic mass is 16.5. The molecule has 0 saturated carbocycles. The first-order valence-electron chi connectivity index (χ1n) is 9.64. The minimum absolute atomic E-state index is 0.00879. The van der Waals surface area contributed by atoms with Gasteiger partial charge in [0.25, 0.3) is 0 Å². The van der Waals surface area contributed by atoms with Crippen molar-refractivity contribution in [1.82, 2.24) is 9.80 Å². The molecule has 0 unspecified atom stereocenters. The van der Waals surface area contributed by atoms with E-state index in [1.54, 1.807) is 4.90 Å². The van der Waals surface area contributed by atoms with Gasteiger partial charge in [0, 0.05) is 45.8 Å². The number of carbonyl (C=O) groups is 2. The molecule has 1 N–H and O–H groups in total. The summed E-state index contributed by atoms with van der Waals surface area (Å²) in [6.07, 6.45) is 1.07. The van der Waals surface area contributed by atoms with Crippen molar-refractivity contribution in [3.63, 3.8) is 0 Å². The summed E-state index contributed by atoms with van der Waals surface area (Å²) in [6, 6.07) is 8.63. The molecule has 3 rings (SSSR count). The third-order valence-corrected chi connectivity index (χ3v) is 5.80. The fourth-order valence-corrected chi connectivity index (χ4v) is 4.51. The monoisotopic (exact) mass is 374 g/mol. The van der Waals surface area contributed by atoms with Crippen LogP contribution >= 0.6 is 0 Å². The lowest BCUT2D eigenvalue weighted by atomic mass is 9.81. The lowest BCUT2D eigenvalue weighted by Crippen LogP contribution is -2.42. The molecule has 1 amide bonds. The molecule has 2 aliphatic rings. The number of hydrogen-bond acceptors (Lipinski definition) is 4. The molecular formula is C21H30N2O4. The van der Waals surface area contributed by atoms with E-state index in [-0.39, 0.29) is 25.0 Å². The predicted molar refractivity (Wildman–Crippen MR) is 102 cm³/mol. The van der Waals surface area contributed by atoms with Crippen LogP contribution in [0.15, 0.2) is 24.3 Å². The summed E-state index contributed by atoms with van der Waals surface area (Å²) in [6.45, 7) is 7.14. The van der Waals surface area contributed by atoms with Crippen molar-refractivity contribution in [3.05, 3.63) is 35.4 Å². The summed E-state index contributed by atoms with van der Waals surface area (Å²) < 4.78 is 4.92. The van der Waals surface area contributed by atoms with Crippen LogP contribution in [0.4, 0.5) is 0 Å². The number of carboxylic acids is 1. The van der Waals surface area contributed by atoms with Gasteiger partial charge in [-0.15, -0.1) is 0 Å². The molecule has 2 fully saturated rings. The van der Waals surface area contributed by atoms with Crippen LogP contribution in [0.3, 0.4) is 0 Å². The van der Waals surface area contributed by atoms with Gasteiger partial charge in [0.15, 0.2) is 0 Å². The number of rotatable bonds is 7. The van der Waals surface area contributed by atoms with Gasteiger partial charge >= 0.3 is 5.97 Å². The van der Waals surface area contributed by atoms with Crippen LogP contribution in [0.25, 0.3) is 0 Å². The first-order chi connectivity index (χ1) is 12.8. The number of nitrogens with zero attached hydrogens (tertiary/aromatic N) is 2. The van der Waals surface area contributed by atoms with E-state index in [1.165, 1.54) is 18.2 Å². The normalized spacial score (nSPS) is 25.2. The molecule has 27 heavy (non-hydrogen) atoms. The Hall–Kier alpha value is -1.92. The number of carbonyl (C=O) groups excluding carboxylic acids is 1. The Bertz CT molecular complexity index is 688. The molecule has 0 radical (unpaired) electrons. The second-order valence-electron chi connectivity index (χ2n) is 8.45. The first-order valence-corrected chi connectivity index (χ1v) is 9.64. The van der Waals surface area contributed by atoms with E-state index >= 15 is 0 Å². The number of ether oxygens (including phenoxy) is 1. The molecule has 2 saturated heterocycles. The van der Waals surface area contributed by atoms with Crippen molar-refractivity contribution in [2.24, 2.45) is 17.3 Å². The summed E-state index contributed by atoms with van der Waals surface area (Å²) in [4.78, 5) is 28.1. The average Bonchev–Trinajstić information content (AvgIpc) is 3.11. The van der Waals surface area contributed by atoms with Gasteiger partial charge in [0.2, 0.25) is 5.91 Å². The maximum absolute atomic E-state index is 12.1. The molecule has 6 nitrogen and oxygen atoms in total.